The maximum atomic E-state index is 14.5. The van der Waals surface area contributed by atoms with Crippen molar-refractivity contribution >= 4 is 28.2 Å². The molecule has 0 aliphatic rings. The molecule has 0 bridgehead atoms. The summed E-state index contributed by atoms with van der Waals surface area (Å²) in [6, 6.07) is 12.8. The van der Waals surface area contributed by atoms with Crippen LogP contribution in [0.5, 0.6) is 0 Å². The molecule has 7 nitrogen and oxygen atoms in total. The first kappa shape index (κ1) is 21.2. The van der Waals surface area contributed by atoms with E-state index in [4.69, 9.17) is 16.0 Å². The Morgan fingerprint density at radius 1 is 1.12 bits per heavy atom. The standard InChI is InChI=1S/C24H22ClFN6O/c25-18-5-7-22-17(11-18)12-23(30-22)24-29-20(15-33-24)14-27-19-6-4-16(21(26)13-19)3-1-2-9-32-10-8-28-31-32/h4-8,10-13,15,27,30H,1-3,9,14H2. The van der Waals surface area contributed by atoms with Crippen LogP contribution in [0, 0.1) is 5.82 Å². The van der Waals surface area contributed by atoms with Crippen LogP contribution in [0.25, 0.3) is 22.5 Å². The van der Waals surface area contributed by atoms with Crippen LogP contribution in [-0.4, -0.2) is 25.0 Å². The normalized spacial score (nSPS) is 11.3. The molecule has 5 rings (SSSR count). The second-order valence-electron chi connectivity index (χ2n) is 7.84. The number of hydrogen-bond acceptors (Lipinski definition) is 5. The number of aryl methyl sites for hydroxylation is 2. The first-order chi connectivity index (χ1) is 16.1. The fourth-order valence-corrected chi connectivity index (χ4v) is 3.91. The van der Waals surface area contributed by atoms with E-state index in [9.17, 15) is 4.39 Å². The molecule has 9 heteroatoms. The first-order valence-corrected chi connectivity index (χ1v) is 11.1. The fraction of sp³-hybridized carbons (Fsp3) is 0.208. The summed E-state index contributed by atoms with van der Waals surface area (Å²) >= 11 is 6.06. The van der Waals surface area contributed by atoms with E-state index in [-0.39, 0.29) is 5.82 Å². The molecule has 0 atom stereocenters. The Morgan fingerprint density at radius 2 is 2.06 bits per heavy atom. The molecule has 0 amide bonds. The summed E-state index contributed by atoms with van der Waals surface area (Å²) < 4.78 is 21.9. The van der Waals surface area contributed by atoms with Gasteiger partial charge in [-0.2, -0.15) is 0 Å². The number of rotatable bonds is 9. The maximum absolute atomic E-state index is 14.5. The summed E-state index contributed by atoms with van der Waals surface area (Å²) in [6.07, 6.45) is 7.56. The Bertz CT molecular complexity index is 1360. The number of nitrogens with zero attached hydrogens (tertiary/aromatic N) is 4. The molecule has 3 aromatic heterocycles. The first-order valence-electron chi connectivity index (χ1n) is 10.7. The lowest BCUT2D eigenvalue weighted by Crippen LogP contribution is -2.02. The van der Waals surface area contributed by atoms with Crippen LogP contribution in [-0.2, 0) is 19.5 Å². The van der Waals surface area contributed by atoms with E-state index in [0.717, 1.165) is 41.7 Å². The minimum Gasteiger partial charge on any atom is -0.443 e. The predicted octanol–water partition coefficient (Wildman–Crippen LogP) is 5.84. The number of nitrogens with one attached hydrogen (secondary N) is 2. The van der Waals surface area contributed by atoms with Gasteiger partial charge in [-0.05, 0) is 61.2 Å². The third-order valence-corrected chi connectivity index (χ3v) is 5.68. The molecule has 3 heterocycles. The number of aromatic nitrogens is 5. The zero-order valence-corrected chi connectivity index (χ0v) is 18.5. The summed E-state index contributed by atoms with van der Waals surface area (Å²) in [4.78, 5) is 7.80. The largest absolute Gasteiger partial charge is 0.443 e. The minimum atomic E-state index is -0.210. The third-order valence-electron chi connectivity index (χ3n) is 5.45. The van der Waals surface area contributed by atoms with Crippen LogP contribution < -0.4 is 5.32 Å². The number of aromatic amines is 1. The zero-order valence-electron chi connectivity index (χ0n) is 17.8. The molecule has 0 aliphatic heterocycles. The Morgan fingerprint density at radius 3 is 2.91 bits per heavy atom. The van der Waals surface area contributed by atoms with Gasteiger partial charge in [0.1, 0.15) is 17.8 Å². The van der Waals surface area contributed by atoms with Crippen LogP contribution in [0.4, 0.5) is 10.1 Å². The molecule has 0 saturated heterocycles. The molecular weight excluding hydrogens is 443 g/mol. The average Bonchev–Trinajstić information content (AvgIpc) is 3.56. The van der Waals surface area contributed by atoms with Gasteiger partial charge in [0.25, 0.3) is 0 Å². The smallest absolute Gasteiger partial charge is 0.243 e. The maximum Gasteiger partial charge on any atom is 0.243 e. The number of H-pyrrole nitrogens is 1. The Labute approximate surface area is 194 Å². The van der Waals surface area contributed by atoms with E-state index in [1.807, 2.05) is 42.6 Å². The van der Waals surface area contributed by atoms with Gasteiger partial charge < -0.3 is 14.7 Å². The van der Waals surface area contributed by atoms with Gasteiger partial charge in [0, 0.05) is 34.4 Å². The number of unbranched alkanes of at least 4 members (excludes halogenated alkanes) is 1. The molecule has 0 saturated carbocycles. The highest BCUT2D eigenvalue weighted by atomic mass is 35.5. The summed E-state index contributed by atoms with van der Waals surface area (Å²) in [5.74, 6) is 0.282. The topological polar surface area (TPSA) is 84.6 Å². The molecular formula is C24H22ClFN6O. The van der Waals surface area contributed by atoms with Crippen molar-refractivity contribution in [2.45, 2.75) is 32.4 Å². The molecule has 0 fully saturated rings. The lowest BCUT2D eigenvalue weighted by atomic mass is 10.1. The fourth-order valence-electron chi connectivity index (χ4n) is 3.72. The van der Waals surface area contributed by atoms with E-state index in [1.54, 1.807) is 17.1 Å². The Kier molecular flexibility index (Phi) is 6.08. The number of halogens is 2. The molecule has 0 aliphatic carbocycles. The minimum absolute atomic E-state index is 0.210. The van der Waals surface area contributed by atoms with Gasteiger partial charge in [-0.15, -0.1) is 5.10 Å². The molecule has 2 aromatic carbocycles. The van der Waals surface area contributed by atoms with Crippen molar-refractivity contribution in [1.29, 1.82) is 0 Å². The average molecular weight is 465 g/mol. The highest BCUT2D eigenvalue weighted by molar-refractivity contribution is 6.31. The summed E-state index contributed by atoms with van der Waals surface area (Å²) in [5.41, 5.74) is 3.86. The Hall–Kier alpha value is -3.65. The van der Waals surface area contributed by atoms with Crippen molar-refractivity contribution in [3.8, 4) is 11.6 Å². The number of benzene rings is 2. The van der Waals surface area contributed by atoms with Gasteiger partial charge in [0.2, 0.25) is 5.89 Å². The summed E-state index contributed by atoms with van der Waals surface area (Å²) in [5, 5.41) is 12.6. The second kappa shape index (κ2) is 9.46. The van der Waals surface area contributed by atoms with E-state index in [1.165, 1.54) is 6.07 Å². The van der Waals surface area contributed by atoms with E-state index >= 15 is 0 Å². The van der Waals surface area contributed by atoms with Crippen LogP contribution in [0.15, 0.2) is 65.5 Å². The zero-order chi connectivity index (χ0) is 22.6. The molecule has 168 valence electrons. The van der Waals surface area contributed by atoms with E-state index < -0.39 is 0 Å². The quantitative estimate of drug-likeness (QED) is 0.267. The summed E-state index contributed by atoms with van der Waals surface area (Å²) in [6.45, 7) is 1.21. The summed E-state index contributed by atoms with van der Waals surface area (Å²) in [7, 11) is 0. The third kappa shape index (κ3) is 5.06. The van der Waals surface area contributed by atoms with Crippen molar-refractivity contribution in [1.82, 2.24) is 25.0 Å². The molecule has 0 spiro atoms. The highest BCUT2D eigenvalue weighted by Crippen LogP contribution is 2.26. The molecule has 0 unspecified atom stereocenters. The van der Waals surface area contributed by atoms with Crippen LogP contribution in [0.3, 0.4) is 0 Å². The van der Waals surface area contributed by atoms with Gasteiger partial charge in [-0.1, -0.05) is 22.9 Å². The SMILES string of the molecule is Fc1cc(NCc2coc(-c3cc4cc(Cl)ccc4[nH]3)n2)ccc1CCCCn1ccnn1. The van der Waals surface area contributed by atoms with Crippen molar-refractivity contribution in [2.24, 2.45) is 0 Å². The van der Waals surface area contributed by atoms with Crippen LogP contribution in [0.2, 0.25) is 5.02 Å². The Balaban J connectivity index is 1.16. The van der Waals surface area contributed by atoms with Gasteiger partial charge in [-0.25, -0.2) is 9.37 Å². The number of anilines is 1. The number of hydrogen-bond donors (Lipinski definition) is 2. The van der Waals surface area contributed by atoms with E-state index in [2.05, 4.69) is 25.6 Å². The van der Waals surface area contributed by atoms with Gasteiger partial charge in [-0.3, -0.25) is 4.68 Å². The van der Waals surface area contributed by atoms with Gasteiger partial charge in [0.05, 0.1) is 18.4 Å². The van der Waals surface area contributed by atoms with Crippen molar-refractivity contribution < 1.29 is 8.81 Å². The van der Waals surface area contributed by atoms with Gasteiger partial charge >= 0.3 is 0 Å². The van der Waals surface area contributed by atoms with Crippen LogP contribution >= 0.6 is 11.6 Å². The van der Waals surface area contributed by atoms with Crippen LogP contribution in [0.1, 0.15) is 24.1 Å². The highest BCUT2D eigenvalue weighted by Gasteiger charge is 2.11. The van der Waals surface area contributed by atoms with Crippen molar-refractivity contribution in [2.75, 3.05) is 5.32 Å². The van der Waals surface area contributed by atoms with Crippen molar-refractivity contribution in [3.05, 3.63) is 83.2 Å². The molecule has 0 radical (unpaired) electrons. The lowest BCUT2D eigenvalue weighted by Gasteiger charge is -2.08. The van der Waals surface area contributed by atoms with Gasteiger partial charge in [0.15, 0.2) is 0 Å². The van der Waals surface area contributed by atoms with E-state index in [0.29, 0.717) is 35.1 Å². The monoisotopic (exact) mass is 464 g/mol. The van der Waals surface area contributed by atoms with Crippen molar-refractivity contribution in [3.63, 3.8) is 0 Å². The number of oxazole rings is 1. The predicted molar refractivity (Wildman–Crippen MR) is 125 cm³/mol. The number of fused-ring (bicyclic) bond motifs is 1. The molecule has 2 N–H and O–H groups in total. The second-order valence-corrected chi connectivity index (χ2v) is 8.28. The molecule has 33 heavy (non-hydrogen) atoms. The lowest BCUT2D eigenvalue weighted by molar-refractivity contribution is 0.534. The molecule has 5 aromatic rings.